The Labute approximate surface area is 169 Å². The van der Waals surface area contributed by atoms with Gasteiger partial charge < -0.3 is 14.9 Å². The van der Waals surface area contributed by atoms with Crippen molar-refractivity contribution >= 4 is 11.1 Å². The summed E-state index contributed by atoms with van der Waals surface area (Å²) in [6, 6.07) is 16.1. The SMILES string of the molecule is NC1CCCCCC[C]1OCc1ccc(-c2nc3ccccc3o2)cc1.[CH2].[CH2]. The molecule has 4 rings (SSSR count). The highest BCUT2D eigenvalue weighted by Gasteiger charge is 2.21. The van der Waals surface area contributed by atoms with E-state index in [-0.39, 0.29) is 20.9 Å². The van der Waals surface area contributed by atoms with E-state index in [2.05, 4.69) is 17.1 Å². The lowest BCUT2D eigenvalue weighted by atomic mass is 9.95. The average molecular weight is 378 g/mol. The maximum absolute atomic E-state index is 6.27. The van der Waals surface area contributed by atoms with Crippen molar-refractivity contribution in [2.45, 2.75) is 51.2 Å². The smallest absolute Gasteiger partial charge is 0.227 e. The van der Waals surface area contributed by atoms with Crippen molar-refractivity contribution in [1.29, 1.82) is 0 Å². The highest BCUT2D eigenvalue weighted by Crippen LogP contribution is 2.27. The van der Waals surface area contributed by atoms with Crippen LogP contribution in [0.1, 0.15) is 44.1 Å². The zero-order chi connectivity index (χ0) is 17.8. The van der Waals surface area contributed by atoms with Crippen LogP contribution in [0.5, 0.6) is 0 Å². The second-order valence-corrected chi connectivity index (χ2v) is 7.00. The minimum atomic E-state index is 0. The number of rotatable bonds is 4. The highest BCUT2D eigenvalue weighted by atomic mass is 16.5. The number of oxazole rings is 1. The third-order valence-electron chi connectivity index (χ3n) is 5.02. The molecule has 4 nitrogen and oxygen atoms in total. The zero-order valence-electron chi connectivity index (χ0n) is 16.4. The molecule has 0 amide bonds. The van der Waals surface area contributed by atoms with Crippen molar-refractivity contribution in [3.63, 3.8) is 0 Å². The van der Waals surface area contributed by atoms with E-state index in [1.165, 1.54) is 25.7 Å². The lowest BCUT2D eigenvalue weighted by Crippen LogP contribution is -2.31. The van der Waals surface area contributed by atoms with Crippen LogP contribution in [0, 0.1) is 21.0 Å². The van der Waals surface area contributed by atoms with Crippen LogP contribution >= 0.6 is 0 Å². The van der Waals surface area contributed by atoms with E-state index in [9.17, 15) is 0 Å². The fourth-order valence-electron chi connectivity index (χ4n) is 3.46. The molecule has 4 heteroatoms. The number of hydrogen-bond acceptors (Lipinski definition) is 4. The second kappa shape index (κ2) is 10.4. The third kappa shape index (κ3) is 5.21. The van der Waals surface area contributed by atoms with Crippen LogP contribution in [-0.2, 0) is 11.3 Å². The van der Waals surface area contributed by atoms with Crippen LogP contribution in [0.15, 0.2) is 52.9 Å². The fourth-order valence-corrected chi connectivity index (χ4v) is 3.46. The summed E-state index contributed by atoms with van der Waals surface area (Å²) in [6.45, 7) is 0.566. The summed E-state index contributed by atoms with van der Waals surface area (Å²) >= 11 is 0. The van der Waals surface area contributed by atoms with Crippen molar-refractivity contribution in [1.82, 2.24) is 4.98 Å². The Hall–Kier alpha value is -2.17. The number of aromatic nitrogens is 1. The molecule has 0 bridgehead atoms. The van der Waals surface area contributed by atoms with Gasteiger partial charge in [-0.2, -0.15) is 0 Å². The first-order chi connectivity index (χ1) is 12.8. The van der Waals surface area contributed by atoms with Crippen LogP contribution in [0.2, 0.25) is 0 Å². The molecule has 0 saturated heterocycles. The van der Waals surface area contributed by atoms with Gasteiger partial charge in [0.15, 0.2) is 5.58 Å². The summed E-state index contributed by atoms with van der Waals surface area (Å²) in [7, 11) is 0. The van der Waals surface area contributed by atoms with Gasteiger partial charge in [-0.25, -0.2) is 4.98 Å². The summed E-state index contributed by atoms with van der Waals surface area (Å²) in [4.78, 5) is 4.54. The fraction of sp³-hybridized carbons (Fsp3) is 0.333. The molecule has 0 aliphatic heterocycles. The van der Waals surface area contributed by atoms with E-state index >= 15 is 0 Å². The molecule has 0 spiro atoms. The van der Waals surface area contributed by atoms with Gasteiger partial charge in [-0.3, -0.25) is 0 Å². The van der Waals surface area contributed by atoms with Gasteiger partial charge in [-0.15, -0.1) is 0 Å². The van der Waals surface area contributed by atoms with Crippen molar-refractivity contribution in [2.75, 3.05) is 0 Å². The van der Waals surface area contributed by atoms with E-state index in [0.717, 1.165) is 41.2 Å². The van der Waals surface area contributed by atoms with E-state index in [1.54, 1.807) is 0 Å². The lowest BCUT2D eigenvalue weighted by Gasteiger charge is -2.25. The molecule has 1 fully saturated rings. The molecule has 1 unspecified atom stereocenters. The molecule has 1 aromatic heterocycles. The van der Waals surface area contributed by atoms with Gasteiger partial charge in [-0.1, -0.05) is 64.8 Å². The molecule has 28 heavy (non-hydrogen) atoms. The van der Waals surface area contributed by atoms with E-state index in [1.807, 2.05) is 36.4 Å². The van der Waals surface area contributed by atoms with Crippen LogP contribution in [-0.4, -0.2) is 11.0 Å². The van der Waals surface area contributed by atoms with Gasteiger partial charge in [-0.05, 0) is 42.7 Å². The van der Waals surface area contributed by atoms with Crippen molar-refractivity contribution in [3.05, 3.63) is 75.1 Å². The summed E-state index contributed by atoms with van der Waals surface area (Å²) in [5, 5.41) is 0. The second-order valence-electron chi connectivity index (χ2n) is 7.00. The first-order valence-corrected chi connectivity index (χ1v) is 9.48. The molecule has 147 valence electrons. The molecule has 1 heterocycles. The Bertz CT molecular complexity index is 808. The van der Waals surface area contributed by atoms with E-state index in [4.69, 9.17) is 14.9 Å². The van der Waals surface area contributed by atoms with Crippen LogP contribution in [0.3, 0.4) is 0 Å². The quantitative estimate of drug-likeness (QED) is 0.617. The number of nitrogens with two attached hydrogens (primary N) is 1. The molecule has 2 N–H and O–H groups in total. The Balaban J connectivity index is 0.00000140. The van der Waals surface area contributed by atoms with Gasteiger partial charge in [0, 0.05) is 11.6 Å². The molecule has 1 saturated carbocycles. The van der Waals surface area contributed by atoms with Gasteiger partial charge in [0.05, 0.1) is 6.61 Å². The summed E-state index contributed by atoms with van der Waals surface area (Å²) < 4.78 is 11.9. The predicted molar refractivity (Wildman–Crippen MR) is 114 cm³/mol. The number of nitrogens with zero attached hydrogens (tertiary/aromatic N) is 1. The standard InChI is InChI=1S/C22H25N2O2.2CH2/c23-18-7-3-1-2-4-9-20(18)25-15-16-11-13-17(14-12-16)22-24-19-8-5-6-10-21(19)26-22;;/h5-6,8,10-14,18H,1-4,7,9,15,23H2;2*1H2. The van der Waals surface area contributed by atoms with Crippen molar-refractivity contribution < 1.29 is 9.15 Å². The maximum Gasteiger partial charge on any atom is 0.227 e. The highest BCUT2D eigenvalue weighted by molar-refractivity contribution is 5.75. The summed E-state index contributed by atoms with van der Waals surface area (Å²) in [5.74, 6) is 0.648. The number of benzene rings is 2. The number of fused-ring (bicyclic) bond motifs is 1. The van der Waals surface area contributed by atoms with E-state index < -0.39 is 0 Å². The normalized spacial score (nSPS) is 18.0. The first-order valence-electron chi connectivity index (χ1n) is 9.48. The van der Waals surface area contributed by atoms with Gasteiger partial charge in [0.1, 0.15) is 11.6 Å². The van der Waals surface area contributed by atoms with Crippen molar-refractivity contribution in [3.8, 4) is 11.5 Å². The van der Waals surface area contributed by atoms with Crippen molar-refractivity contribution in [2.24, 2.45) is 5.73 Å². The molecule has 3 aromatic rings. The molecular formula is C24H29N2O2. The molecule has 5 radical (unpaired) electrons. The zero-order valence-corrected chi connectivity index (χ0v) is 16.4. The minimum Gasteiger partial charge on any atom is -0.436 e. The van der Waals surface area contributed by atoms with Crippen LogP contribution < -0.4 is 5.73 Å². The third-order valence-corrected chi connectivity index (χ3v) is 5.02. The average Bonchev–Trinajstić information content (AvgIpc) is 3.09. The molecule has 1 aliphatic rings. The summed E-state index contributed by atoms with van der Waals surface area (Å²) in [6.07, 6.45) is 8.03. The van der Waals surface area contributed by atoms with Crippen LogP contribution in [0.4, 0.5) is 0 Å². The summed E-state index contributed by atoms with van der Waals surface area (Å²) in [5.41, 5.74) is 10.1. The molecule has 1 aliphatic carbocycles. The molecule has 2 aromatic carbocycles. The van der Waals surface area contributed by atoms with Crippen LogP contribution in [0.25, 0.3) is 22.6 Å². The minimum absolute atomic E-state index is 0. The Kier molecular flexibility index (Phi) is 8.21. The maximum atomic E-state index is 6.27. The first kappa shape index (κ1) is 22.1. The predicted octanol–water partition coefficient (Wildman–Crippen LogP) is 5.88. The monoisotopic (exact) mass is 377 g/mol. The lowest BCUT2D eigenvalue weighted by molar-refractivity contribution is 0.0958. The number of hydrogen-bond donors (Lipinski definition) is 1. The Morgan fingerprint density at radius 1 is 0.964 bits per heavy atom. The molecule has 1 atom stereocenters. The Morgan fingerprint density at radius 2 is 1.71 bits per heavy atom. The number of para-hydroxylation sites is 2. The van der Waals surface area contributed by atoms with Gasteiger partial charge in [0.25, 0.3) is 0 Å². The van der Waals surface area contributed by atoms with Gasteiger partial charge >= 0.3 is 0 Å². The van der Waals surface area contributed by atoms with E-state index in [0.29, 0.717) is 12.5 Å². The van der Waals surface area contributed by atoms with Gasteiger partial charge in [0.2, 0.25) is 5.89 Å². The topological polar surface area (TPSA) is 61.3 Å². The largest absolute Gasteiger partial charge is 0.436 e. The number of ether oxygens (including phenoxy) is 1. The Morgan fingerprint density at radius 3 is 2.50 bits per heavy atom. The molecular weight excluding hydrogens is 348 g/mol.